The van der Waals surface area contributed by atoms with Crippen molar-refractivity contribution in [2.45, 2.75) is 36.6 Å². The largest absolute Gasteiger partial charge is 0.509 e. The Labute approximate surface area is 246 Å². The minimum atomic E-state index is -0.723. The Morgan fingerprint density at radius 3 is 2.56 bits per heavy atom. The molecule has 0 bridgehead atoms. The van der Waals surface area contributed by atoms with E-state index in [4.69, 9.17) is 21.6 Å². The number of hydrogen-bond acceptors (Lipinski definition) is 7. The fraction of sp³-hybridized carbons (Fsp3) is 0.267. The van der Waals surface area contributed by atoms with Crippen LogP contribution in [-0.4, -0.2) is 51.5 Å². The molecule has 3 N–H and O–H groups in total. The van der Waals surface area contributed by atoms with Crippen LogP contribution in [-0.2, 0) is 9.59 Å². The maximum atomic E-state index is 13.1. The molecule has 2 amide bonds. The second-order valence-electron chi connectivity index (χ2n) is 11.0. The minimum Gasteiger partial charge on any atom is -0.509 e. The van der Waals surface area contributed by atoms with Crippen LogP contribution >= 0.6 is 23.4 Å². The number of carbonyl (C=O) groups is 2. The third-order valence-electron chi connectivity index (χ3n) is 7.50. The minimum absolute atomic E-state index is 0.0754. The van der Waals surface area contributed by atoms with Crippen molar-refractivity contribution in [3.8, 4) is 0 Å². The molecule has 0 radical (unpaired) electrons. The van der Waals surface area contributed by atoms with Gasteiger partial charge in [0.1, 0.15) is 16.4 Å². The van der Waals surface area contributed by atoms with Crippen molar-refractivity contribution in [1.82, 2.24) is 15.0 Å². The number of fused-ring (bicyclic) bond motifs is 1. The van der Waals surface area contributed by atoms with Gasteiger partial charge >= 0.3 is 0 Å². The number of pyridine rings is 1. The predicted octanol–water partition coefficient (Wildman–Crippen LogP) is 6.19. The molecule has 2 aromatic carbocycles. The van der Waals surface area contributed by atoms with Crippen molar-refractivity contribution in [1.29, 1.82) is 0 Å². The Hall–Kier alpha value is -4.02. The SMILES string of the molecule is CC1(C)CCN(c2nc3nc(Sc4cccc(NC(=O)C5=C(O)CN(c6ccccc6)C5=O)c4Cl)ccc3[nH]2)CC1. The van der Waals surface area contributed by atoms with E-state index >= 15 is 0 Å². The summed E-state index contributed by atoms with van der Waals surface area (Å²) < 4.78 is 0. The number of carbonyl (C=O) groups excluding carboxylic acids is 2. The zero-order chi connectivity index (χ0) is 28.7. The van der Waals surface area contributed by atoms with Crippen LogP contribution in [0.5, 0.6) is 0 Å². The van der Waals surface area contributed by atoms with Gasteiger partial charge in [-0.2, -0.15) is 4.98 Å². The van der Waals surface area contributed by atoms with Gasteiger partial charge in [0.05, 0.1) is 22.8 Å². The van der Waals surface area contributed by atoms with Crippen LogP contribution in [0.1, 0.15) is 26.7 Å². The van der Waals surface area contributed by atoms with Gasteiger partial charge in [0, 0.05) is 23.7 Å². The number of anilines is 3. The average molecular weight is 589 g/mol. The molecule has 11 heteroatoms. The highest BCUT2D eigenvalue weighted by Crippen LogP contribution is 2.38. The summed E-state index contributed by atoms with van der Waals surface area (Å²) in [5, 5.41) is 14.1. The van der Waals surface area contributed by atoms with Crippen LogP contribution < -0.4 is 15.1 Å². The number of para-hydroxylation sites is 1. The third kappa shape index (κ3) is 5.49. The fourth-order valence-corrected chi connectivity index (χ4v) is 6.11. The molecule has 4 aromatic rings. The van der Waals surface area contributed by atoms with Crippen molar-refractivity contribution >= 4 is 63.7 Å². The highest BCUT2D eigenvalue weighted by Gasteiger charge is 2.36. The van der Waals surface area contributed by atoms with Gasteiger partial charge < -0.3 is 25.2 Å². The number of halogens is 1. The predicted molar refractivity (Wildman–Crippen MR) is 162 cm³/mol. The number of aromatic nitrogens is 3. The Morgan fingerprint density at radius 1 is 1.05 bits per heavy atom. The first-order chi connectivity index (χ1) is 19.7. The molecule has 41 heavy (non-hydrogen) atoms. The van der Waals surface area contributed by atoms with Crippen molar-refractivity contribution in [2.24, 2.45) is 5.41 Å². The zero-order valence-electron chi connectivity index (χ0n) is 22.6. The lowest BCUT2D eigenvalue weighted by Gasteiger charge is -2.36. The monoisotopic (exact) mass is 588 g/mol. The van der Waals surface area contributed by atoms with Crippen molar-refractivity contribution in [3.63, 3.8) is 0 Å². The van der Waals surface area contributed by atoms with Gasteiger partial charge in [-0.3, -0.25) is 9.59 Å². The quantitative estimate of drug-likeness (QED) is 0.230. The van der Waals surface area contributed by atoms with E-state index < -0.39 is 11.8 Å². The number of amides is 2. The molecule has 0 unspecified atom stereocenters. The summed E-state index contributed by atoms with van der Waals surface area (Å²) in [7, 11) is 0. The van der Waals surface area contributed by atoms with E-state index in [0.29, 0.717) is 37.4 Å². The smallest absolute Gasteiger partial charge is 0.267 e. The first-order valence-electron chi connectivity index (χ1n) is 13.4. The van der Waals surface area contributed by atoms with Crippen LogP contribution in [0.2, 0.25) is 5.02 Å². The number of H-pyrrole nitrogens is 1. The van der Waals surface area contributed by atoms with E-state index in [1.165, 1.54) is 16.7 Å². The maximum absolute atomic E-state index is 13.1. The standard InChI is InChI=1S/C30H29ClN6O3S/c1-30(2)13-15-36(16-14-30)29-33-20-11-12-23(34-26(20)35-29)41-22-10-6-9-19(25(22)31)32-27(39)24-21(38)17-37(28(24)40)18-7-4-3-5-8-18/h3-12,38H,13-17H2,1-2H3,(H,32,39)(H,33,34,35). The summed E-state index contributed by atoms with van der Waals surface area (Å²) >= 11 is 8.04. The van der Waals surface area contributed by atoms with Gasteiger partial charge in [-0.1, -0.05) is 61.5 Å². The molecule has 4 heterocycles. The van der Waals surface area contributed by atoms with Crippen LogP contribution in [0, 0.1) is 5.41 Å². The van der Waals surface area contributed by atoms with E-state index in [2.05, 4.69) is 29.0 Å². The zero-order valence-corrected chi connectivity index (χ0v) is 24.2. The van der Waals surface area contributed by atoms with Gasteiger partial charge in [0.25, 0.3) is 11.8 Å². The van der Waals surface area contributed by atoms with E-state index in [1.54, 1.807) is 36.4 Å². The average Bonchev–Trinajstić information content (AvgIpc) is 3.51. The first-order valence-corrected chi connectivity index (χ1v) is 14.6. The number of nitrogens with zero attached hydrogens (tertiary/aromatic N) is 4. The molecular formula is C30H29ClN6O3S. The molecule has 1 saturated heterocycles. The number of aromatic amines is 1. The number of nitrogens with one attached hydrogen (secondary N) is 2. The molecule has 0 aliphatic carbocycles. The molecule has 0 spiro atoms. The Bertz CT molecular complexity index is 1680. The number of benzene rings is 2. The van der Waals surface area contributed by atoms with E-state index in [9.17, 15) is 14.7 Å². The van der Waals surface area contributed by atoms with Crippen molar-refractivity contribution in [2.75, 3.05) is 34.8 Å². The normalized spacial score (nSPS) is 17.0. The van der Waals surface area contributed by atoms with Crippen LogP contribution in [0.4, 0.5) is 17.3 Å². The van der Waals surface area contributed by atoms with Crippen LogP contribution in [0.15, 0.2) is 81.9 Å². The van der Waals surface area contributed by atoms with Crippen LogP contribution in [0.3, 0.4) is 0 Å². The number of rotatable bonds is 6. The highest BCUT2D eigenvalue weighted by atomic mass is 35.5. The Kier molecular flexibility index (Phi) is 7.13. The summed E-state index contributed by atoms with van der Waals surface area (Å²) in [4.78, 5) is 43.2. The van der Waals surface area contributed by atoms with Gasteiger partial charge in [0.2, 0.25) is 5.95 Å². The summed E-state index contributed by atoms with van der Waals surface area (Å²) in [5.74, 6) is -0.753. The molecule has 6 rings (SSSR count). The van der Waals surface area contributed by atoms with Crippen molar-refractivity contribution in [3.05, 3.63) is 77.0 Å². The number of aliphatic hydroxyl groups excluding tert-OH is 1. The lowest BCUT2D eigenvalue weighted by atomic mass is 9.83. The van der Waals surface area contributed by atoms with Gasteiger partial charge in [-0.05, 0) is 54.7 Å². The van der Waals surface area contributed by atoms with Gasteiger partial charge in [-0.25, -0.2) is 4.98 Å². The lowest BCUT2D eigenvalue weighted by Crippen LogP contribution is -2.37. The lowest BCUT2D eigenvalue weighted by molar-refractivity contribution is -0.119. The molecule has 0 atom stereocenters. The molecular weight excluding hydrogens is 560 g/mol. The molecule has 9 nitrogen and oxygen atoms in total. The van der Waals surface area contributed by atoms with E-state index in [1.807, 2.05) is 24.3 Å². The van der Waals surface area contributed by atoms with E-state index in [0.717, 1.165) is 37.4 Å². The Morgan fingerprint density at radius 2 is 1.80 bits per heavy atom. The van der Waals surface area contributed by atoms with Crippen molar-refractivity contribution < 1.29 is 14.7 Å². The number of piperidine rings is 1. The molecule has 2 aromatic heterocycles. The first kappa shape index (κ1) is 27.2. The molecule has 0 saturated carbocycles. The van der Waals surface area contributed by atoms with Gasteiger partial charge in [-0.15, -0.1) is 0 Å². The third-order valence-corrected chi connectivity index (χ3v) is 9.02. The van der Waals surface area contributed by atoms with Gasteiger partial charge in [0.15, 0.2) is 5.65 Å². The number of aliphatic hydroxyl groups is 1. The second kappa shape index (κ2) is 10.8. The van der Waals surface area contributed by atoms with E-state index in [-0.39, 0.29) is 17.9 Å². The fourth-order valence-electron chi connectivity index (χ4n) is 4.98. The Balaban J connectivity index is 1.17. The summed E-state index contributed by atoms with van der Waals surface area (Å²) in [6, 6.07) is 18.0. The van der Waals surface area contributed by atoms with Crippen LogP contribution in [0.25, 0.3) is 11.2 Å². The summed E-state index contributed by atoms with van der Waals surface area (Å²) in [6.07, 6.45) is 2.22. The number of hydrogen-bond donors (Lipinski definition) is 3. The summed E-state index contributed by atoms with van der Waals surface area (Å²) in [6.45, 7) is 6.43. The maximum Gasteiger partial charge on any atom is 0.267 e. The number of imidazole rings is 1. The molecule has 2 aliphatic heterocycles. The molecule has 2 aliphatic rings. The molecule has 1 fully saturated rings. The summed E-state index contributed by atoms with van der Waals surface area (Å²) in [5.41, 5.74) is 2.45. The topological polar surface area (TPSA) is 114 Å². The highest BCUT2D eigenvalue weighted by molar-refractivity contribution is 7.99. The second-order valence-corrected chi connectivity index (χ2v) is 12.4. The molecule has 210 valence electrons.